The van der Waals surface area contributed by atoms with E-state index in [2.05, 4.69) is 15.3 Å². The highest BCUT2D eigenvalue weighted by molar-refractivity contribution is 6.29. The van der Waals surface area contributed by atoms with Gasteiger partial charge in [0.05, 0.1) is 6.61 Å². The summed E-state index contributed by atoms with van der Waals surface area (Å²) < 4.78 is 5.27. The average molecular weight is 229 g/mol. The molecule has 0 bridgehead atoms. The van der Waals surface area contributed by atoms with E-state index in [1.165, 1.54) is 0 Å². The number of rotatable bonds is 3. The minimum atomic E-state index is 0.188. The van der Waals surface area contributed by atoms with Crippen molar-refractivity contribution in [3.05, 3.63) is 11.2 Å². The highest BCUT2D eigenvalue weighted by atomic mass is 35.5. The second-order valence-electron chi connectivity index (χ2n) is 3.54. The van der Waals surface area contributed by atoms with Crippen molar-refractivity contribution in [2.24, 2.45) is 5.92 Å². The van der Waals surface area contributed by atoms with Crippen LogP contribution in [0.5, 0.6) is 0 Å². The fourth-order valence-electron chi connectivity index (χ4n) is 1.52. The first-order valence-electron chi connectivity index (χ1n) is 4.86. The van der Waals surface area contributed by atoms with E-state index >= 15 is 0 Å². The van der Waals surface area contributed by atoms with E-state index in [-0.39, 0.29) is 5.95 Å². The molecule has 1 aromatic rings. The Kier molecular flexibility index (Phi) is 3.23. The van der Waals surface area contributed by atoms with Gasteiger partial charge in [-0.1, -0.05) is 11.6 Å². The minimum Gasteiger partial charge on any atom is -0.381 e. The van der Waals surface area contributed by atoms with Gasteiger partial charge in [0, 0.05) is 25.1 Å². The number of ether oxygens (including phenoxy) is 1. The molecule has 2 heterocycles. The first kappa shape index (κ1) is 10.4. The topological polar surface area (TPSA) is 73.1 Å². The number of hydrogen-bond donors (Lipinski definition) is 2. The number of nitrogen functional groups attached to an aromatic ring is 1. The van der Waals surface area contributed by atoms with Crippen molar-refractivity contribution in [3.63, 3.8) is 0 Å². The van der Waals surface area contributed by atoms with Gasteiger partial charge in [0.15, 0.2) is 0 Å². The summed E-state index contributed by atoms with van der Waals surface area (Å²) in [6, 6.07) is 1.66. The van der Waals surface area contributed by atoms with E-state index in [1.807, 2.05) is 0 Å². The van der Waals surface area contributed by atoms with Crippen LogP contribution in [0.4, 0.5) is 11.8 Å². The molecule has 1 fully saturated rings. The third kappa shape index (κ3) is 2.94. The number of nitrogens with zero attached hydrogens (tertiary/aromatic N) is 2. The van der Waals surface area contributed by atoms with Gasteiger partial charge >= 0.3 is 0 Å². The van der Waals surface area contributed by atoms with E-state index in [9.17, 15) is 0 Å². The molecule has 0 spiro atoms. The van der Waals surface area contributed by atoms with Crippen LogP contribution >= 0.6 is 11.6 Å². The largest absolute Gasteiger partial charge is 0.381 e. The zero-order valence-corrected chi connectivity index (χ0v) is 9.00. The molecule has 1 atom stereocenters. The van der Waals surface area contributed by atoms with E-state index < -0.39 is 0 Å². The van der Waals surface area contributed by atoms with Gasteiger partial charge in [-0.3, -0.25) is 0 Å². The van der Waals surface area contributed by atoms with Crippen molar-refractivity contribution in [2.75, 3.05) is 30.8 Å². The molecule has 2 rings (SSSR count). The molecule has 1 aromatic heterocycles. The van der Waals surface area contributed by atoms with Gasteiger partial charge < -0.3 is 15.8 Å². The van der Waals surface area contributed by atoms with Gasteiger partial charge in [0.1, 0.15) is 11.0 Å². The van der Waals surface area contributed by atoms with Crippen LogP contribution < -0.4 is 11.1 Å². The van der Waals surface area contributed by atoms with Crippen molar-refractivity contribution in [1.29, 1.82) is 0 Å². The third-order valence-corrected chi connectivity index (χ3v) is 2.50. The van der Waals surface area contributed by atoms with E-state index in [0.717, 1.165) is 26.2 Å². The second-order valence-corrected chi connectivity index (χ2v) is 3.93. The smallest absolute Gasteiger partial charge is 0.223 e. The van der Waals surface area contributed by atoms with Gasteiger partial charge in [-0.05, 0) is 6.42 Å². The number of nitrogens with two attached hydrogens (primary N) is 1. The summed E-state index contributed by atoms with van der Waals surface area (Å²) in [6.07, 6.45) is 1.08. The van der Waals surface area contributed by atoms with Crippen molar-refractivity contribution >= 4 is 23.4 Å². The van der Waals surface area contributed by atoms with E-state index in [4.69, 9.17) is 22.1 Å². The summed E-state index contributed by atoms with van der Waals surface area (Å²) in [5.41, 5.74) is 5.47. The molecule has 15 heavy (non-hydrogen) atoms. The maximum absolute atomic E-state index is 5.75. The van der Waals surface area contributed by atoms with Crippen molar-refractivity contribution in [3.8, 4) is 0 Å². The second kappa shape index (κ2) is 4.63. The van der Waals surface area contributed by atoms with Crippen LogP contribution in [-0.2, 0) is 4.74 Å². The van der Waals surface area contributed by atoms with Crippen molar-refractivity contribution < 1.29 is 4.74 Å². The van der Waals surface area contributed by atoms with Gasteiger partial charge in [-0.2, -0.15) is 4.98 Å². The predicted molar refractivity (Wildman–Crippen MR) is 58.9 cm³/mol. The molecule has 1 aliphatic rings. The lowest BCUT2D eigenvalue weighted by Gasteiger charge is -2.10. The highest BCUT2D eigenvalue weighted by Gasteiger charge is 2.15. The van der Waals surface area contributed by atoms with Crippen LogP contribution in [0.25, 0.3) is 0 Å². The van der Waals surface area contributed by atoms with Gasteiger partial charge in [0.25, 0.3) is 0 Å². The number of nitrogens with one attached hydrogen (secondary N) is 1. The van der Waals surface area contributed by atoms with Crippen LogP contribution in [0, 0.1) is 5.92 Å². The lowest BCUT2D eigenvalue weighted by molar-refractivity contribution is 0.187. The summed E-state index contributed by atoms with van der Waals surface area (Å²) in [4.78, 5) is 7.81. The maximum atomic E-state index is 5.75. The molecular weight excluding hydrogens is 216 g/mol. The zero-order valence-electron chi connectivity index (χ0n) is 8.24. The fourth-order valence-corrected chi connectivity index (χ4v) is 1.71. The van der Waals surface area contributed by atoms with E-state index in [0.29, 0.717) is 16.9 Å². The summed E-state index contributed by atoms with van der Waals surface area (Å²) in [5, 5.41) is 3.53. The highest BCUT2D eigenvalue weighted by Crippen LogP contribution is 2.15. The van der Waals surface area contributed by atoms with Crippen LogP contribution in [0.3, 0.4) is 0 Å². The van der Waals surface area contributed by atoms with Crippen molar-refractivity contribution in [1.82, 2.24) is 9.97 Å². The lowest BCUT2D eigenvalue weighted by atomic mass is 10.1. The van der Waals surface area contributed by atoms with Crippen LogP contribution in [0.15, 0.2) is 6.07 Å². The standard InChI is InChI=1S/C9H13ClN4O/c10-7-3-8(14-9(11)13-7)12-4-6-1-2-15-5-6/h3,6H,1-2,4-5H2,(H3,11,12,13,14)/t6-/m1/s1. The fraction of sp³-hybridized carbons (Fsp3) is 0.556. The molecule has 0 amide bonds. The number of aromatic nitrogens is 2. The SMILES string of the molecule is Nc1nc(Cl)cc(NC[C@H]2CCOC2)n1. The summed E-state index contributed by atoms with van der Waals surface area (Å²) in [5.74, 6) is 1.40. The monoisotopic (exact) mass is 228 g/mol. The lowest BCUT2D eigenvalue weighted by Crippen LogP contribution is -2.15. The first-order valence-corrected chi connectivity index (χ1v) is 5.23. The molecule has 0 radical (unpaired) electrons. The molecule has 3 N–H and O–H groups in total. The Labute approximate surface area is 93.0 Å². The summed E-state index contributed by atoms with van der Waals surface area (Å²) in [7, 11) is 0. The van der Waals surface area contributed by atoms with Crippen LogP contribution in [0.2, 0.25) is 5.15 Å². The molecule has 6 heteroatoms. The van der Waals surface area contributed by atoms with Gasteiger partial charge in [-0.25, -0.2) is 4.98 Å². The number of anilines is 2. The summed E-state index contributed by atoms with van der Waals surface area (Å²) >= 11 is 5.75. The Morgan fingerprint density at radius 1 is 1.60 bits per heavy atom. The molecule has 1 saturated heterocycles. The number of halogens is 1. The Hall–Kier alpha value is -1.07. The average Bonchev–Trinajstić information content (AvgIpc) is 2.65. The molecule has 1 aliphatic heterocycles. The predicted octanol–water partition coefficient (Wildman–Crippen LogP) is 1.16. The van der Waals surface area contributed by atoms with Gasteiger partial charge in [-0.15, -0.1) is 0 Å². The van der Waals surface area contributed by atoms with Crippen LogP contribution in [0.1, 0.15) is 6.42 Å². The molecule has 0 saturated carbocycles. The Morgan fingerprint density at radius 3 is 3.13 bits per heavy atom. The molecule has 82 valence electrons. The molecule has 0 aliphatic carbocycles. The molecule has 5 nitrogen and oxygen atoms in total. The minimum absolute atomic E-state index is 0.188. The molecule has 0 unspecified atom stereocenters. The van der Waals surface area contributed by atoms with Crippen molar-refractivity contribution in [2.45, 2.75) is 6.42 Å². The Balaban J connectivity index is 1.92. The van der Waals surface area contributed by atoms with E-state index in [1.54, 1.807) is 6.07 Å². The summed E-state index contributed by atoms with van der Waals surface area (Å²) in [6.45, 7) is 2.48. The Morgan fingerprint density at radius 2 is 2.47 bits per heavy atom. The third-order valence-electron chi connectivity index (χ3n) is 2.31. The normalized spacial score (nSPS) is 20.5. The first-order chi connectivity index (χ1) is 7.24. The van der Waals surface area contributed by atoms with Gasteiger partial charge in [0.2, 0.25) is 5.95 Å². The quantitative estimate of drug-likeness (QED) is 0.760. The Bertz CT molecular complexity index is 321. The number of hydrogen-bond acceptors (Lipinski definition) is 5. The maximum Gasteiger partial charge on any atom is 0.223 e. The molecule has 0 aromatic carbocycles. The van der Waals surface area contributed by atoms with Crippen LogP contribution in [-0.4, -0.2) is 29.7 Å². The zero-order chi connectivity index (χ0) is 10.7. The molecular formula is C9H13ClN4O.